The average Bonchev–Trinajstić information content (AvgIpc) is 2.51. The third kappa shape index (κ3) is 4.86. The summed E-state index contributed by atoms with van der Waals surface area (Å²) in [5, 5.41) is 0. The van der Waals surface area contributed by atoms with Gasteiger partial charge in [-0.15, -0.1) is 0 Å². The third-order valence-corrected chi connectivity index (χ3v) is 5.40. The minimum Gasteiger partial charge on any atom is -0.444 e. The number of halogens is 1. The lowest BCUT2D eigenvalue weighted by molar-refractivity contribution is -0.205. The maximum atomic E-state index is 12.2. The Hall–Kier alpha value is -0.860. The van der Waals surface area contributed by atoms with E-state index in [0.717, 1.165) is 24.1 Å². The molecule has 1 aromatic carbocycles. The molecule has 0 bridgehead atoms. The van der Waals surface area contributed by atoms with Crippen molar-refractivity contribution in [3.05, 3.63) is 35.9 Å². The van der Waals surface area contributed by atoms with Gasteiger partial charge in [0.05, 0.1) is 19.2 Å². The van der Waals surface area contributed by atoms with Gasteiger partial charge in [0.15, 0.2) is 0 Å². The van der Waals surface area contributed by atoms with Crippen LogP contribution in [0.1, 0.15) is 26.3 Å². The van der Waals surface area contributed by atoms with Crippen LogP contribution in [0.4, 0.5) is 4.79 Å². The van der Waals surface area contributed by atoms with E-state index in [9.17, 15) is 4.79 Å². The summed E-state index contributed by atoms with van der Waals surface area (Å²) in [6, 6.07) is 10.5. The molecule has 2 heterocycles. The molecule has 2 fully saturated rings. The molecule has 2 saturated heterocycles. The molecule has 25 heavy (non-hydrogen) atoms. The molecule has 5 nitrogen and oxygen atoms in total. The van der Waals surface area contributed by atoms with Crippen molar-refractivity contribution in [2.45, 2.75) is 44.6 Å². The van der Waals surface area contributed by atoms with Gasteiger partial charge in [-0.2, -0.15) is 0 Å². The zero-order chi connectivity index (χ0) is 18.1. The Morgan fingerprint density at radius 2 is 1.96 bits per heavy atom. The average molecular weight is 458 g/mol. The van der Waals surface area contributed by atoms with Gasteiger partial charge in [0.25, 0.3) is 0 Å². The molecule has 2 aliphatic heterocycles. The van der Waals surface area contributed by atoms with Crippen molar-refractivity contribution < 1.29 is 14.3 Å². The Labute approximate surface area is 163 Å². The minimum atomic E-state index is -0.461. The van der Waals surface area contributed by atoms with E-state index in [2.05, 4.69) is 51.8 Å². The Morgan fingerprint density at radius 1 is 1.28 bits per heavy atom. The number of morpholine rings is 1. The van der Waals surface area contributed by atoms with Gasteiger partial charge in [-0.1, -0.05) is 52.9 Å². The summed E-state index contributed by atoms with van der Waals surface area (Å²) in [7, 11) is 0. The van der Waals surface area contributed by atoms with Crippen LogP contribution in [0.15, 0.2) is 30.3 Å². The van der Waals surface area contributed by atoms with Gasteiger partial charge in [0, 0.05) is 24.1 Å². The SMILES string of the molecule is CC(C)(C)OC(=O)N1CC2(CN(Cc3ccccc3)CC(CI)O2)C1. The molecule has 0 aliphatic carbocycles. The molecule has 6 heteroatoms. The van der Waals surface area contributed by atoms with Crippen molar-refractivity contribution in [1.82, 2.24) is 9.80 Å². The summed E-state index contributed by atoms with van der Waals surface area (Å²) in [6.07, 6.45) is -0.0354. The Kier molecular flexibility index (Phi) is 5.60. The highest BCUT2D eigenvalue weighted by Gasteiger charge is 2.51. The molecule has 0 radical (unpaired) electrons. The van der Waals surface area contributed by atoms with Gasteiger partial charge in [0.1, 0.15) is 11.2 Å². The number of alkyl halides is 1. The second-order valence-corrected chi connectivity index (χ2v) is 8.95. The molecule has 0 N–H and O–H groups in total. The topological polar surface area (TPSA) is 42.0 Å². The van der Waals surface area contributed by atoms with Gasteiger partial charge >= 0.3 is 6.09 Å². The van der Waals surface area contributed by atoms with Gasteiger partial charge in [-0.25, -0.2) is 4.79 Å². The zero-order valence-electron chi connectivity index (χ0n) is 15.2. The molecule has 1 atom stereocenters. The molecular weight excluding hydrogens is 431 g/mol. The predicted molar refractivity (Wildman–Crippen MR) is 106 cm³/mol. The van der Waals surface area contributed by atoms with Crippen molar-refractivity contribution >= 4 is 28.7 Å². The number of likely N-dealkylation sites (tertiary alicyclic amines) is 1. The number of amides is 1. The number of rotatable bonds is 3. The Balaban J connectivity index is 1.61. The van der Waals surface area contributed by atoms with Crippen LogP contribution in [-0.2, 0) is 16.0 Å². The van der Waals surface area contributed by atoms with Crippen molar-refractivity contribution in [2.75, 3.05) is 30.6 Å². The van der Waals surface area contributed by atoms with Gasteiger partial charge in [-0.3, -0.25) is 4.90 Å². The second kappa shape index (κ2) is 7.40. The lowest BCUT2D eigenvalue weighted by atomic mass is 9.91. The highest BCUT2D eigenvalue weighted by molar-refractivity contribution is 14.1. The molecule has 0 aromatic heterocycles. The molecule has 138 valence electrons. The van der Waals surface area contributed by atoms with E-state index in [1.807, 2.05) is 26.8 Å². The summed E-state index contributed by atoms with van der Waals surface area (Å²) < 4.78 is 12.8. The van der Waals surface area contributed by atoms with Crippen LogP contribution in [0.25, 0.3) is 0 Å². The lowest BCUT2D eigenvalue weighted by Crippen LogP contribution is -2.72. The van der Waals surface area contributed by atoms with Crippen LogP contribution in [0.2, 0.25) is 0 Å². The van der Waals surface area contributed by atoms with Gasteiger partial charge in [-0.05, 0) is 26.3 Å². The summed E-state index contributed by atoms with van der Waals surface area (Å²) >= 11 is 2.38. The van der Waals surface area contributed by atoms with E-state index in [1.54, 1.807) is 4.90 Å². The zero-order valence-corrected chi connectivity index (χ0v) is 17.4. The number of ether oxygens (including phenoxy) is 2. The maximum Gasteiger partial charge on any atom is 0.410 e. The van der Waals surface area contributed by atoms with Crippen molar-refractivity contribution in [2.24, 2.45) is 0 Å². The first-order valence-electron chi connectivity index (χ1n) is 8.77. The van der Waals surface area contributed by atoms with Crippen LogP contribution in [-0.4, -0.2) is 63.8 Å². The smallest absolute Gasteiger partial charge is 0.410 e. The highest BCUT2D eigenvalue weighted by Crippen LogP contribution is 2.33. The monoisotopic (exact) mass is 458 g/mol. The largest absolute Gasteiger partial charge is 0.444 e. The van der Waals surface area contributed by atoms with Gasteiger partial charge < -0.3 is 14.4 Å². The number of benzene rings is 1. The van der Waals surface area contributed by atoms with E-state index in [1.165, 1.54) is 5.56 Å². The van der Waals surface area contributed by atoms with Crippen LogP contribution in [0.3, 0.4) is 0 Å². The number of carbonyl (C=O) groups excluding carboxylic acids is 1. The molecule has 3 rings (SSSR count). The van der Waals surface area contributed by atoms with Crippen LogP contribution in [0, 0.1) is 0 Å². The van der Waals surface area contributed by atoms with E-state index >= 15 is 0 Å². The van der Waals surface area contributed by atoms with E-state index in [-0.39, 0.29) is 17.8 Å². The summed E-state index contributed by atoms with van der Waals surface area (Å²) in [4.78, 5) is 16.4. The molecule has 1 unspecified atom stereocenters. The van der Waals surface area contributed by atoms with E-state index in [0.29, 0.717) is 13.1 Å². The third-order valence-electron chi connectivity index (χ3n) is 4.42. The number of carbonyl (C=O) groups is 1. The first kappa shape index (κ1) is 18.9. The quantitative estimate of drug-likeness (QED) is 0.515. The van der Waals surface area contributed by atoms with Gasteiger partial charge in [0.2, 0.25) is 0 Å². The molecule has 0 saturated carbocycles. The van der Waals surface area contributed by atoms with Crippen LogP contribution >= 0.6 is 22.6 Å². The first-order valence-corrected chi connectivity index (χ1v) is 10.3. The van der Waals surface area contributed by atoms with Crippen molar-refractivity contribution in [3.8, 4) is 0 Å². The summed E-state index contributed by atoms with van der Waals surface area (Å²) in [6.45, 7) is 9.62. The number of hydrogen-bond acceptors (Lipinski definition) is 4. The lowest BCUT2D eigenvalue weighted by Gasteiger charge is -2.55. The highest BCUT2D eigenvalue weighted by atomic mass is 127. The molecule has 1 aromatic rings. The molecule has 2 aliphatic rings. The fourth-order valence-electron chi connectivity index (χ4n) is 3.51. The molecule has 1 spiro atoms. The Morgan fingerprint density at radius 3 is 2.56 bits per heavy atom. The normalized spacial score (nSPS) is 23.4. The minimum absolute atomic E-state index is 0.207. The van der Waals surface area contributed by atoms with E-state index < -0.39 is 5.60 Å². The fraction of sp³-hybridized carbons (Fsp3) is 0.632. The maximum absolute atomic E-state index is 12.2. The van der Waals surface area contributed by atoms with Crippen molar-refractivity contribution in [3.63, 3.8) is 0 Å². The van der Waals surface area contributed by atoms with Crippen LogP contribution < -0.4 is 0 Å². The standard InChI is InChI=1S/C19H27IN2O3/c1-18(2,3)25-17(23)22-13-19(14-22)12-21(11-16(9-20)24-19)10-15-7-5-4-6-8-15/h4-8,16H,9-14H2,1-3H3. The summed E-state index contributed by atoms with van der Waals surface area (Å²) in [5.41, 5.74) is 0.604. The second-order valence-electron chi connectivity index (χ2n) is 8.07. The molecular formula is C19H27IN2O3. The fourth-order valence-corrected chi connectivity index (χ4v) is 3.97. The van der Waals surface area contributed by atoms with E-state index in [4.69, 9.17) is 9.47 Å². The van der Waals surface area contributed by atoms with Crippen LogP contribution in [0.5, 0.6) is 0 Å². The number of hydrogen-bond donors (Lipinski definition) is 0. The number of nitrogens with zero attached hydrogens (tertiary/aromatic N) is 2. The summed E-state index contributed by atoms with van der Waals surface area (Å²) in [5.74, 6) is 0. The van der Waals surface area contributed by atoms with Crippen molar-refractivity contribution in [1.29, 1.82) is 0 Å². The predicted octanol–water partition coefficient (Wildman–Crippen LogP) is 3.31. The first-order chi connectivity index (χ1) is 11.8. The molecule has 1 amide bonds. The Bertz CT molecular complexity index is 596.